The Kier molecular flexibility index (Phi) is 13.7. The summed E-state index contributed by atoms with van der Waals surface area (Å²) in [6.07, 6.45) is 0.836. The molecule has 1 aromatic rings. The number of nitrogens with one attached hydrogen (secondary N) is 4. The van der Waals surface area contributed by atoms with Crippen LogP contribution in [-0.2, 0) is 30.4 Å². The normalized spacial score (nSPS) is 22.0. The lowest BCUT2D eigenvalue weighted by Gasteiger charge is -2.27. The van der Waals surface area contributed by atoms with Crippen LogP contribution in [-0.4, -0.2) is 102 Å². The van der Waals surface area contributed by atoms with Crippen molar-refractivity contribution in [2.24, 2.45) is 32.9 Å². The molecule has 13 N–H and O–H groups in total. The number of carbonyl (C=O) groups is 5. The fraction of sp³-hybridized carbons (Fsp3) is 0.519. The molecule has 4 unspecified atom stereocenters. The number of hydrogen-bond donors (Lipinski definition) is 9. The van der Waals surface area contributed by atoms with Crippen molar-refractivity contribution in [1.82, 2.24) is 26.2 Å². The van der Waals surface area contributed by atoms with Crippen molar-refractivity contribution in [3.63, 3.8) is 0 Å². The second-order valence-corrected chi connectivity index (χ2v) is 10.4. The predicted octanol–water partition coefficient (Wildman–Crippen LogP) is -3.53. The molecule has 5 amide bonds. The summed E-state index contributed by atoms with van der Waals surface area (Å²) in [7, 11) is 1.39. The lowest BCUT2D eigenvalue weighted by Crippen LogP contribution is -2.57. The SMILES string of the molecule is CC1NC(=O)CN(C)C(=O)C(Cc2ccc(O)cc2)NC(=O)C(CCCN=C(N)N)NC(=O)C(CCCN=C(N)N)NC1=O. The van der Waals surface area contributed by atoms with Crippen LogP contribution in [0.4, 0.5) is 0 Å². The Hall–Kier alpha value is -5.09. The minimum Gasteiger partial charge on any atom is -0.508 e. The van der Waals surface area contributed by atoms with Gasteiger partial charge in [-0.15, -0.1) is 0 Å². The zero-order valence-electron chi connectivity index (χ0n) is 24.9. The van der Waals surface area contributed by atoms with Crippen LogP contribution in [0.5, 0.6) is 5.75 Å². The van der Waals surface area contributed by atoms with Crippen molar-refractivity contribution in [3.05, 3.63) is 29.8 Å². The molecule has 242 valence electrons. The number of likely N-dealkylation sites (N-methyl/N-ethyl adjacent to an activating group) is 1. The van der Waals surface area contributed by atoms with Gasteiger partial charge in [0, 0.05) is 26.6 Å². The first-order valence-electron chi connectivity index (χ1n) is 14.1. The van der Waals surface area contributed by atoms with Crippen LogP contribution < -0.4 is 44.2 Å². The Morgan fingerprint density at radius 1 is 0.795 bits per heavy atom. The molecular formula is C27H43N11O6. The zero-order chi connectivity index (χ0) is 32.8. The third kappa shape index (κ3) is 12.0. The van der Waals surface area contributed by atoms with E-state index in [2.05, 4.69) is 31.3 Å². The van der Waals surface area contributed by atoms with E-state index in [-0.39, 0.29) is 50.0 Å². The second-order valence-electron chi connectivity index (χ2n) is 10.4. The molecule has 0 radical (unpaired) electrons. The molecule has 0 spiro atoms. The summed E-state index contributed by atoms with van der Waals surface area (Å²) in [5.41, 5.74) is 22.2. The summed E-state index contributed by atoms with van der Waals surface area (Å²) in [4.78, 5) is 75.2. The minimum atomic E-state index is -1.14. The second kappa shape index (κ2) is 17.1. The Morgan fingerprint density at radius 2 is 1.27 bits per heavy atom. The zero-order valence-corrected chi connectivity index (χ0v) is 24.9. The van der Waals surface area contributed by atoms with Gasteiger partial charge in [-0.05, 0) is 50.3 Å². The Balaban J connectivity index is 2.44. The van der Waals surface area contributed by atoms with Crippen molar-refractivity contribution in [2.45, 2.75) is 63.2 Å². The van der Waals surface area contributed by atoms with Crippen LogP contribution in [0.3, 0.4) is 0 Å². The van der Waals surface area contributed by atoms with Gasteiger partial charge in [0.15, 0.2) is 11.9 Å². The first-order chi connectivity index (χ1) is 20.8. The van der Waals surface area contributed by atoms with Crippen LogP contribution in [0.25, 0.3) is 0 Å². The number of phenolic OH excluding ortho intramolecular Hbond substituents is 1. The maximum atomic E-state index is 13.6. The molecule has 1 fully saturated rings. The summed E-state index contributed by atoms with van der Waals surface area (Å²) < 4.78 is 0. The van der Waals surface area contributed by atoms with Gasteiger partial charge in [-0.2, -0.15) is 0 Å². The van der Waals surface area contributed by atoms with E-state index >= 15 is 0 Å². The van der Waals surface area contributed by atoms with Crippen LogP contribution >= 0.6 is 0 Å². The molecule has 4 atom stereocenters. The van der Waals surface area contributed by atoms with Gasteiger partial charge in [0.2, 0.25) is 29.5 Å². The summed E-state index contributed by atoms with van der Waals surface area (Å²) in [5, 5.41) is 20.2. The van der Waals surface area contributed by atoms with E-state index in [9.17, 15) is 29.1 Å². The third-order valence-electron chi connectivity index (χ3n) is 6.68. The summed E-state index contributed by atoms with van der Waals surface area (Å²) in [5.74, 6) is -3.45. The van der Waals surface area contributed by atoms with E-state index in [0.717, 1.165) is 4.90 Å². The number of amides is 5. The lowest BCUT2D eigenvalue weighted by atomic mass is 10.0. The van der Waals surface area contributed by atoms with Gasteiger partial charge in [-0.1, -0.05) is 12.1 Å². The maximum Gasteiger partial charge on any atom is 0.245 e. The molecule has 17 nitrogen and oxygen atoms in total. The van der Waals surface area contributed by atoms with E-state index in [1.165, 1.54) is 26.1 Å². The number of nitrogens with two attached hydrogens (primary N) is 4. The van der Waals surface area contributed by atoms with Gasteiger partial charge in [-0.3, -0.25) is 34.0 Å². The summed E-state index contributed by atoms with van der Waals surface area (Å²) in [6, 6.07) is 1.64. The third-order valence-corrected chi connectivity index (χ3v) is 6.68. The largest absolute Gasteiger partial charge is 0.508 e. The first-order valence-corrected chi connectivity index (χ1v) is 14.1. The number of carbonyl (C=O) groups excluding carboxylic acids is 5. The van der Waals surface area contributed by atoms with Gasteiger partial charge in [0.1, 0.15) is 29.9 Å². The molecule has 1 aromatic carbocycles. The molecule has 2 rings (SSSR count). The van der Waals surface area contributed by atoms with Crippen LogP contribution in [0, 0.1) is 0 Å². The lowest BCUT2D eigenvalue weighted by molar-refractivity contribution is -0.139. The highest BCUT2D eigenvalue weighted by atomic mass is 16.3. The number of nitrogens with zero attached hydrogens (tertiary/aromatic N) is 3. The van der Waals surface area contributed by atoms with Crippen molar-refractivity contribution >= 4 is 41.5 Å². The Morgan fingerprint density at radius 3 is 1.77 bits per heavy atom. The van der Waals surface area contributed by atoms with E-state index in [0.29, 0.717) is 18.4 Å². The predicted molar refractivity (Wildman–Crippen MR) is 163 cm³/mol. The molecule has 1 heterocycles. The maximum absolute atomic E-state index is 13.6. The number of aromatic hydroxyl groups is 1. The van der Waals surface area contributed by atoms with E-state index < -0.39 is 60.2 Å². The van der Waals surface area contributed by atoms with E-state index in [1.54, 1.807) is 12.1 Å². The molecule has 0 aromatic heterocycles. The standard InChI is InChI=1S/C27H43N11O6/c1-15-22(41)35-18(5-3-11-32-26(28)29)23(42)36-19(6-4-12-33-27(30)31)24(43)37-20(13-16-7-9-17(39)10-8-16)25(44)38(2)14-21(40)34-15/h7-10,15,18-20,39H,3-6,11-14H2,1-2H3,(H,34,40)(H,35,41)(H,36,42)(H,37,43)(H4,28,29,32)(H4,30,31,33). The molecule has 1 aliphatic rings. The Bertz CT molecular complexity index is 1230. The average molecular weight is 618 g/mol. The molecule has 1 saturated heterocycles. The molecule has 0 bridgehead atoms. The quantitative estimate of drug-likeness (QED) is 0.0708. The highest BCUT2D eigenvalue weighted by molar-refractivity contribution is 5.97. The number of benzene rings is 1. The molecular weight excluding hydrogens is 574 g/mol. The van der Waals surface area contributed by atoms with Crippen LogP contribution in [0.2, 0.25) is 0 Å². The van der Waals surface area contributed by atoms with Crippen LogP contribution in [0.1, 0.15) is 38.2 Å². The van der Waals surface area contributed by atoms with Crippen molar-refractivity contribution in [2.75, 3.05) is 26.7 Å². The number of phenols is 1. The number of rotatable bonds is 10. The topological polar surface area (TPSA) is 286 Å². The Labute approximate surface area is 255 Å². The van der Waals surface area contributed by atoms with Crippen molar-refractivity contribution < 1.29 is 29.1 Å². The number of hydrogen-bond acceptors (Lipinski definition) is 8. The molecule has 0 saturated carbocycles. The smallest absolute Gasteiger partial charge is 0.245 e. The first kappa shape index (κ1) is 35.1. The molecule has 0 aliphatic carbocycles. The number of guanidine groups is 2. The summed E-state index contributed by atoms with van der Waals surface area (Å²) in [6.45, 7) is 1.39. The minimum absolute atomic E-state index is 0.0219. The summed E-state index contributed by atoms with van der Waals surface area (Å²) >= 11 is 0. The van der Waals surface area contributed by atoms with E-state index in [4.69, 9.17) is 22.9 Å². The van der Waals surface area contributed by atoms with Crippen LogP contribution in [0.15, 0.2) is 34.3 Å². The number of aliphatic imine (C=N–C) groups is 2. The molecule has 1 aliphatic heterocycles. The highest BCUT2D eigenvalue weighted by Crippen LogP contribution is 2.13. The fourth-order valence-electron chi connectivity index (χ4n) is 4.37. The fourth-order valence-corrected chi connectivity index (χ4v) is 4.37. The van der Waals surface area contributed by atoms with Gasteiger partial charge in [-0.25, -0.2) is 0 Å². The van der Waals surface area contributed by atoms with Crippen molar-refractivity contribution in [1.29, 1.82) is 0 Å². The van der Waals surface area contributed by atoms with Gasteiger partial charge >= 0.3 is 0 Å². The van der Waals surface area contributed by atoms with E-state index in [1.807, 2.05) is 0 Å². The highest BCUT2D eigenvalue weighted by Gasteiger charge is 2.32. The monoisotopic (exact) mass is 617 g/mol. The molecule has 44 heavy (non-hydrogen) atoms. The average Bonchev–Trinajstić information content (AvgIpc) is 2.95. The molecule has 17 heteroatoms. The van der Waals surface area contributed by atoms with Crippen molar-refractivity contribution in [3.8, 4) is 5.75 Å². The van der Waals surface area contributed by atoms with Gasteiger partial charge < -0.3 is 54.2 Å². The van der Waals surface area contributed by atoms with Gasteiger partial charge in [0.05, 0.1) is 6.54 Å². The van der Waals surface area contributed by atoms with Gasteiger partial charge in [0.25, 0.3) is 0 Å².